The quantitative estimate of drug-likeness (QED) is 0.603. The van der Waals surface area contributed by atoms with Gasteiger partial charge in [0.25, 0.3) is 0 Å². The van der Waals surface area contributed by atoms with Gasteiger partial charge in [0.2, 0.25) is 5.91 Å². The first kappa shape index (κ1) is 13.7. The molecule has 0 aliphatic heterocycles. The van der Waals surface area contributed by atoms with Crippen LogP contribution in [0.3, 0.4) is 0 Å². The van der Waals surface area contributed by atoms with Gasteiger partial charge >= 0.3 is 5.97 Å². The van der Waals surface area contributed by atoms with Crippen LogP contribution in [0.2, 0.25) is 0 Å². The molecule has 1 amide bonds. The number of carbonyl (C=O) groups is 2. The van der Waals surface area contributed by atoms with Crippen molar-refractivity contribution >= 4 is 11.9 Å². The molecule has 0 aromatic carbocycles. The number of hydrogen-bond acceptors (Lipinski definition) is 3. The molecule has 17 heavy (non-hydrogen) atoms. The van der Waals surface area contributed by atoms with Crippen LogP contribution in [0.4, 0.5) is 0 Å². The summed E-state index contributed by atoms with van der Waals surface area (Å²) in [5.74, 6) is -0.453. The predicted molar refractivity (Wildman–Crippen MR) is 65.4 cm³/mol. The van der Waals surface area contributed by atoms with Gasteiger partial charge in [0, 0.05) is 5.41 Å². The molecule has 0 fully saturated rings. The van der Waals surface area contributed by atoms with Crippen LogP contribution in [0.5, 0.6) is 0 Å². The Bertz CT molecular complexity index is 312. The van der Waals surface area contributed by atoms with Crippen molar-refractivity contribution in [2.75, 3.05) is 13.7 Å². The minimum atomic E-state index is -0.410. The molecular formula is C13H21NO3. The maximum atomic E-state index is 12.1. The fraction of sp³-hybridized carbons (Fsp3) is 0.692. The molecule has 0 heterocycles. The third-order valence-electron chi connectivity index (χ3n) is 3.30. The number of hydrogen-bond donors (Lipinski definition) is 1. The lowest BCUT2D eigenvalue weighted by atomic mass is 9.78. The summed E-state index contributed by atoms with van der Waals surface area (Å²) in [6.45, 7) is 1.93. The SMILES string of the molecule is COC(=O)CNC(=O)C1(C)CCC=CCCC1. The topological polar surface area (TPSA) is 55.4 Å². The number of esters is 1. The fourth-order valence-electron chi connectivity index (χ4n) is 2.04. The van der Waals surface area contributed by atoms with Crippen LogP contribution < -0.4 is 5.32 Å². The Balaban J connectivity index is 2.52. The van der Waals surface area contributed by atoms with E-state index in [1.165, 1.54) is 7.11 Å². The van der Waals surface area contributed by atoms with Crippen molar-refractivity contribution in [1.29, 1.82) is 0 Å². The van der Waals surface area contributed by atoms with E-state index in [0.29, 0.717) is 0 Å². The second-order valence-corrected chi connectivity index (χ2v) is 4.72. The van der Waals surface area contributed by atoms with E-state index in [2.05, 4.69) is 22.2 Å². The number of rotatable bonds is 3. The highest BCUT2D eigenvalue weighted by Gasteiger charge is 2.32. The van der Waals surface area contributed by atoms with Crippen molar-refractivity contribution in [3.05, 3.63) is 12.2 Å². The summed E-state index contributed by atoms with van der Waals surface area (Å²) < 4.78 is 4.50. The standard InChI is InChI=1S/C13H21NO3/c1-13(8-6-4-3-5-7-9-13)12(16)14-10-11(15)17-2/h3-4H,5-10H2,1-2H3,(H,14,16). The van der Waals surface area contributed by atoms with Gasteiger partial charge < -0.3 is 10.1 Å². The second kappa shape index (κ2) is 6.42. The summed E-state index contributed by atoms with van der Waals surface area (Å²) >= 11 is 0. The first-order valence-corrected chi connectivity index (χ1v) is 6.08. The zero-order chi connectivity index (χ0) is 12.7. The lowest BCUT2D eigenvalue weighted by Gasteiger charge is -2.28. The monoisotopic (exact) mass is 239 g/mol. The summed E-state index contributed by atoms with van der Waals surface area (Å²) in [6.07, 6.45) is 8.96. The Kier molecular flexibility index (Phi) is 5.19. The summed E-state index contributed by atoms with van der Waals surface area (Å²) in [7, 11) is 1.32. The lowest BCUT2D eigenvalue weighted by Crippen LogP contribution is -2.41. The Morgan fingerprint density at radius 3 is 2.71 bits per heavy atom. The van der Waals surface area contributed by atoms with Crippen molar-refractivity contribution in [1.82, 2.24) is 5.32 Å². The molecule has 0 bridgehead atoms. The molecule has 1 atom stereocenters. The number of ether oxygens (including phenoxy) is 1. The van der Waals surface area contributed by atoms with Gasteiger partial charge in [0.05, 0.1) is 7.11 Å². The molecule has 1 aliphatic rings. The van der Waals surface area contributed by atoms with E-state index in [4.69, 9.17) is 0 Å². The molecule has 96 valence electrons. The number of methoxy groups -OCH3 is 1. The maximum absolute atomic E-state index is 12.1. The molecule has 0 aromatic rings. The fourth-order valence-corrected chi connectivity index (χ4v) is 2.04. The maximum Gasteiger partial charge on any atom is 0.325 e. The summed E-state index contributed by atoms with van der Waals surface area (Å²) in [5, 5.41) is 2.65. The van der Waals surface area contributed by atoms with E-state index < -0.39 is 5.97 Å². The number of allylic oxidation sites excluding steroid dienone is 2. The Labute approximate surface area is 102 Å². The summed E-state index contributed by atoms with van der Waals surface area (Å²) in [5.41, 5.74) is -0.362. The number of nitrogens with one attached hydrogen (secondary N) is 1. The highest BCUT2D eigenvalue weighted by molar-refractivity contribution is 5.85. The highest BCUT2D eigenvalue weighted by atomic mass is 16.5. The normalized spacial score (nSPS) is 24.6. The van der Waals surface area contributed by atoms with Crippen molar-refractivity contribution in [2.45, 2.75) is 39.0 Å². The smallest absolute Gasteiger partial charge is 0.325 e. The molecule has 0 radical (unpaired) electrons. The molecule has 1 unspecified atom stereocenters. The second-order valence-electron chi connectivity index (χ2n) is 4.72. The molecule has 4 heteroatoms. The highest BCUT2D eigenvalue weighted by Crippen LogP contribution is 2.31. The molecule has 0 spiro atoms. The van der Waals surface area contributed by atoms with Gasteiger partial charge in [0.1, 0.15) is 6.54 Å². The van der Waals surface area contributed by atoms with Gasteiger partial charge in [-0.15, -0.1) is 0 Å². The van der Waals surface area contributed by atoms with E-state index in [9.17, 15) is 9.59 Å². The largest absolute Gasteiger partial charge is 0.468 e. The van der Waals surface area contributed by atoms with Gasteiger partial charge in [-0.05, 0) is 32.1 Å². The predicted octanol–water partition coefficient (Wildman–Crippen LogP) is 1.80. The zero-order valence-electron chi connectivity index (χ0n) is 10.6. The van der Waals surface area contributed by atoms with Crippen LogP contribution in [0.15, 0.2) is 12.2 Å². The van der Waals surface area contributed by atoms with E-state index in [1.807, 2.05) is 6.92 Å². The van der Waals surface area contributed by atoms with Crippen molar-refractivity contribution in [3.8, 4) is 0 Å². The van der Waals surface area contributed by atoms with Gasteiger partial charge in [0.15, 0.2) is 0 Å². The van der Waals surface area contributed by atoms with Crippen molar-refractivity contribution in [3.63, 3.8) is 0 Å². The summed E-state index contributed by atoms with van der Waals surface area (Å²) in [6, 6.07) is 0. The minimum absolute atomic E-state index is 0.0409. The molecule has 0 saturated heterocycles. The van der Waals surface area contributed by atoms with Crippen LogP contribution in [0.1, 0.15) is 39.0 Å². The third-order valence-corrected chi connectivity index (χ3v) is 3.30. The molecular weight excluding hydrogens is 218 g/mol. The van der Waals surface area contributed by atoms with Crippen molar-refractivity contribution < 1.29 is 14.3 Å². The molecule has 1 N–H and O–H groups in total. The van der Waals surface area contributed by atoms with Crippen LogP contribution in [0.25, 0.3) is 0 Å². The van der Waals surface area contributed by atoms with E-state index in [0.717, 1.165) is 32.1 Å². The van der Waals surface area contributed by atoms with Gasteiger partial charge in [-0.3, -0.25) is 9.59 Å². The van der Waals surface area contributed by atoms with E-state index >= 15 is 0 Å². The lowest BCUT2D eigenvalue weighted by molar-refractivity contribution is -0.142. The average Bonchev–Trinajstić information content (AvgIpc) is 2.30. The first-order valence-electron chi connectivity index (χ1n) is 6.08. The number of amides is 1. The first-order chi connectivity index (χ1) is 8.08. The Hall–Kier alpha value is -1.32. The Morgan fingerprint density at radius 1 is 1.29 bits per heavy atom. The zero-order valence-corrected chi connectivity index (χ0v) is 10.6. The molecule has 1 rings (SSSR count). The molecule has 4 nitrogen and oxygen atoms in total. The molecule has 0 aromatic heterocycles. The van der Waals surface area contributed by atoms with Crippen LogP contribution in [-0.4, -0.2) is 25.5 Å². The number of carbonyl (C=O) groups excluding carboxylic acids is 2. The van der Waals surface area contributed by atoms with Crippen LogP contribution in [0, 0.1) is 5.41 Å². The van der Waals surface area contributed by atoms with E-state index in [1.54, 1.807) is 0 Å². The van der Waals surface area contributed by atoms with Gasteiger partial charge in [-0.25, -0.2) is 0 Å². The average molecular weight is 239 g/mol. The molecule has 0 saturated carbocycles. The molecule has 1 aliphatic carbocycles. The summed E-state index contributed by atoms with van der Waals surface area (Å²) in [4.78, 5) is 23.0. The minimum Gasteiger partial charge on any atom is -0.468 e. The van der Waals surface area contributed by atoms with Gasteiger partial charge in [-0.1, -0.05) is 19.1 Å². The van der Waals surface area contributed by atoms with Crippen molar-refractivity contribution in [2.24, 2.45) is 5.41 Å². The van der Waals surface area contributed by atoms with Gasteiger partial charge in [-0.2, -0.15) is 0 Å². The van der Waals surface area contributed by atoms with Crippen LogP contribution in [-0.2, 0) is 14.3 Å². The van der Waals surface area contributed by atoms with E-state index in [-0.39, 0.29) is 17.9 Å². The Morgan fingerprint density at radius 2 is 2.00 bits per heavy atom. The third kappa shape index (κ3) is 4.21. The van der Waals surface area contributed by atoms with Crippen LogP contribution >= 0.6 is 0 Å².